The molecular formula is C19H25N5O3S. The molecule has 0 spiro atoms. The summed E-state index contributed by atoms with van der Waals surface area (Å²) in [4.78, 5) is 21.7. The highest BCUT2D eigenvalue weighted by Crippen LogP contribution is 2.55. The van der Waals surface area contributed by atoms with Crippen LogP contribution in [0.5, 0.6) is 0 Å². The fourth-order valence-corrected chi connectivity index (χ4v) is 5.74. The van der Waals surface area contributed by atoms with Crippen molar-refractivity contribution in [2.24, 2.45) is 11.8 Å². The number of nitrogens with one attached hydrogen (secondary N) is 1. The topological polar surface area (TPSA) is 97.2 Å². The molecule has 1 N–H and O–H groups in total. The first kappa shape index (κ1) is 18.1. The second-order valence-corrected chi connectivity index (χ2v) is 10.5. The molecule has 1 saturated heterocycles. The third-order valence-corrected chi connectivity index (χ3v) is 7.81. The molecule has 2 aliphatic carbocycles. The van der Waals surface area contributed by atoms with E-state index in [4.69, 9.17) is 4.98 Å². The van der Waals surface area contributed by atoms with Crippen LogP contribution in [0.2, 0.25) is 0 Å². The van der Waals surface area contributed by atoms with Crippen LogP contribution >= 0.6 is 0 Å². The van der Waals surface area contributed by atoms with Crippen LogP contribution in [0.3, 0.4) is 0 Å². The van der Waals surface area contributed by atoms with E-state index in [2.05, 4.69) is 10.3 Å². The van der Waals surface area contributed by atoms with E-state index in [0.717, 1.165) is 30.1 Å². The third-order valence-electron chi connectivity index (χ3n) is 6.51. The Morgan fingerprint density at radius 2 is 1.82 bits per heavy atom. The van der Waals surface area contributed by atoms with Crippen molar-refractivity contribution in [2.75, 3.05) is 24.7 Å². The average molecular weight is 404 g/mol. The zero-order valence-corrected chi connectivity index (χ0v) is 16.7. The van der Waals surface area contributed by atoms with E-state index in [9.17, 15) is 13.2 Å². The van der Waals surface area contributed by atoms with E-state index in [1.807, 2.05) is 4.57 Å². The van der Waals surface area contributed by atoms with Crippen molar-refractivity contribution in [1.29, 1.82) is 0 Å². The molecule has 28 heavy (non-hydrogen) atoms. The third kappa shape index (κ3) is 3.30. The largest absolute Gasteiger partial charge is 0.351 e. The van der Waals surface area contributed by atoms with Crippen LogP contribution in [0.25, 0.3) is 11.0 Å². The lowest BCUT2D eigenvalue weighted by molar-refractivity contribution is 0.331. The Kier molecular flexibility index (Phi) is 4.20. The minimum atomic E-state index is -3.14. The van der Waals surface area contributed by atoms with Gasteiger partial charge in [0.1, 0.15) is 5.65 Å². The standard InChI is InChI=1S/C19H25N5O3S/c1-28(26,27)23-6-4-15(5-7-23)21-19-20-11-12-2-3-17(25)24(18(12)22-19)16-9-13-8-14(13)10-16/h2-3,11,13-16H,4-10H2,1H3,(H,20,21,22)/t13-,14?,16?/m0/s1. The van der Waals surface area contributed by atoms with E-state index in [1.54, 1.807) is 18.3 Å². The van der Waals surface area contributed by atoms with Gasteiger partial charge in [0.25, 0.3) is 5.56 Å². The Hall–Kier alpha value is -2.00. The molecule has 5 rings (SSSR count). The lowest BCUT2D eigenvalue weighted by Crippen LogP contribution is -2.42. The lowest BCUT2D eigenvalue weighted by Gasteiger charge is -2.30. The molecule has 3 fully saturated rings. The summed E-state index contributed by atoms with van der Waals surface area (Å²) in [5.41, 5.74) is 0.704. The van der Waals surface area contributed by atoms with Crippen LogP contribution in [0.4, 0.5) is 5.95 Å². The number of sulfonamides is 1. The Morgan fingerprint density at radius 3 is 2.50 bits per heavy atom. The van der Waals surface area contributed by atoms with Gasteiger partial charge in [0.15, 0.2) is 0 Å². The molecule has 3 atom stereocenters. The van der Waals surface area contributed by atoms with Crippen LogP contribution in [0.15, 0.2) is 23.1 Å². The smallest absolute Gasteiger partial charge is 0.252 e. The molecule has 0 radical (unpaired) electrons. The van der Waals surface area contributed by atoms with Crippen molar-refractivity contribution >= 4 is 27.0 Å². The zero-order chi connectivity index (χ0) is 19.5. The maximum Gasteiger partial charge on any atom is 0.252 e. The fourth-order valence-electron chi connectivity index (χ4n) is 4.87. The molecule has 1 aliphatic heterocycles. The van der Waals surface area contributed by atoms with Gasteiger partial charge in [0, 0.05) is 42.8 Å². The quantitative estimate of drug-likeness (QED) is 0.833. The molecule has 0 aromatic carbocycles. The first-order valence-electron chi connectivity index (χ1n) is 9.98. The Morgan fingerprint density at radius 1 is 1.11 bits per heavy atom. The van der Waals surface area contributed by atoms with Gasteiger partial charge in [-0.3, -0.25) is 9.36 Å². The van der Waals surface area contributed by atoms with Crippen molar-refractivity contribution in [3.05, 3.63) is 28.7 Å². The molecule has 2 unspecified atom stereocenters. The molecule has 0 amide bonds. The number of piperidine rings is 1. The summed E-state index contributed by atoms with van der Waals surface area (Å²) < 4.78 is 26.7. The molecule has 9 heteroatoms. The van der Waals surface area contributed by atoms with Gasteiger partial charge in [-0.2, -0.15) is 4.98 Å². The van der Waals surface area contributed by atoms with Crippen LogP contribution in [-0.4, -0.2) is 52.6 Å². The predicted octanol–water partition coefficient (Wildman–Crippen LogP) is 1.60. The number of anilines is 1. The van der Waals surface area contributed by atoms with Crippen LogP contribution < -0.4 is 10.9 Å². The number of fused-ring (bicyclic) bond motifs is 2. The molecule has 2 aromatic rings. The van der Waals surface area contributed by atoms with Gasteiger partial charge < -0.3 is 5.32 Å². The van der Waals surface area contributed by atoms with Crippen LogP contribution in [0.1, 0.15) is 38.1 Å². The number of rotatable bonds is 4. The van der Waals surface area contributed by atoms with E-state index in [0.29, 0.717) is 37.5 Å². The normalized spacial score (nSPS) is 28.4. The van der Waals surface area contributed by atoms with Gasteiger partial charge in [0.2, 0.25) is 16.0 Å². The second-order valence-electron chi connectivity index (χ2n) is 8.48. The average Bonchev–Trinajstić information content (AvgIpc) is 3.27. The van der Waals surface area contributed by atoms with Gasteiger partial charge in [-0.05, 0) is 50.0 Å². The van der Waals surface area contributed by atoms with Gasteiger partial charge in [-0.15, -0.1) is 0 Å². The summed E-state index contributed by atoms with van der Waals surface area (Å²) in [5.74, 6) is 2.08. The molecule has 2 saturated carbocycles. The SMILES string of the molecule is CS(=O)(=O)N1CCC(Nc2ncc3ccc(=O)n(C4CC5C[C@H]5C4)c3n2)CC1. The van der Waals surface area contributed by atoms with Crippen molar-refractivity contribution < 1.29 is 8.42 Å². The van der Waals surface area contributed by atoms with Crippen molar-refractivity contribution in [3.8, 4) is 0 Å². The lowest BCUT2D eigenvalue weighted by atomic mass is 10.1. The molecule has 0 bridgehead atoms. The Bertz CT molecular complexity index is 1060. The number of hydrogen-bond acceptors (Lipinski definition) is 6. The van der Waals surface area contributed by atoms with Crippen LogP contribution in [-0.2, 0) is 10.0 Å². The van der Waals surface area contributed by atoms with Crippen molar-refractivity contribution in [3.63, 3.8) is 0 Å². The summed E-state index contributed by atoms with van der Waals surface area (Å²) in [7, 11) is -3.14. The maximum atomic E-state index is 12.6. The summed E-state index contributed by atoms with van der Waals surface area (Å²) in [6.45, 7) is 0.999. The number of nitrogens with zero attached hydrogens (tertiary/aromatic N) is 4. The first-order valence-corrected chi connectivity index (χ1v) is 11.8. The maximum absolute atomic E-state index is 12.6. The highest BCUT2D eigenvalue weighted by molar-refractivity contribution is 7.88. The first-order chi connectivity index (χ1) is 13.4. The molecular weight excluding hydrogens is 378 g/mol. The minimum absolute atomic E-state index is 0.00455. The number of aromatic nitrogens is 3. The highest BCUT2D eigenvalue weighted by Gasteiger charge is 2.46. The molecule has 3 aliphatic rings. The monoisotopic (exact) mass is 403 g/mol. The molecule has 3 heterocycles. The zero-order valence-electron chi connectivity index (χ0n) is 15.9. The summed E-state index contributed by atoms with van der Waals surface area (Å²) in [6, 6.07) is 3.76. The fraction of sp³-hybridized carbons (Fsp3) is 0.632. The Labute approximate surface area is 164 Å². The van der Waals surface area contributed by atoms with Crippen molar-refractivity contribution in [2.45, 2.75) is 44.2 Å². The predicted molar refractivity (Wildman–Crippen MR) is 107 cm³/mol. The van der Waals surface area contributed by atoms with E-state index >= 15 is 0 Å². The molecule has 150 valence electrons. The Balaban J connectivity index is 1.38. The van der Waals surface area contributed by atoms with E-state index in [1.165, 1.54) is 17.0 Å². The van der Waals surface area contributed by atoms with Gasteiger partial charge in [-0.25, -0.2) is 17.7 Å². The van der Waals surface area contributed by atoms with Gasteiger partial charge >= 0.3 is 0 Å². The summed E-state index contributed by atoms with van der Waals surface area (Å²) >= 11 is 0. The summed E-state index contributed by atoms with van der Waals surface area (Å²) in [6.07, 6.45) is 7.89. The number of hydrogen-bond donors (Lipinski definition) is 1. The van der Waals surface area contributed by atoms with Gasteiger partial charge in [0.05, 0.1) is 6.26 Å². The minimum Gasteiger partial charge on any atom is -0.351 e. The molecule has 8 nitrogen and oxygen atoms in total. The number of pyridine rings is 1. The van der Waals surface area contributed by atoms with Crippen molar-refractivity contribution in [1.82, 2.24) is 18.8 Å². The van der Waals surface area contributed by atoms with E-state index < -0.39 is 10.0 Å². The second kappa shape index (κ2) is 6.52. The van der Waals surface area contributed by atoms with E-state index in [-0.39, 0.29) is 17.6 Å². The summed E-state index contributed by atoms with van der Waals surface area (Å²) in [5, 5.41) is 4.21. The molecule has 2 aromatic heterocycles. The van der Waals surface area contributed by atoms with Gasteiger partial charge in [-0.1, -0.05) is 0 Å². The van der Waals surface area contributed by atoms with Crippen LogP contribution in [0, 0.1) is 11.8 Å². The highest BCUT2D eigenvalue weighted by atomic mass is 32.2.